The number of likely N-dealkylation sites (tertiary alicyclic amines) is 1. The van der Waals surface area contributed by atoms with Crippen LogP contribution in [0, 0.1) is 6.92 Å². The number of benzene rings is 1. The quantitative estimate of drug-likeness (QED) is 0.873. The summed E-state index contributed by atoms with van der Waals surface area (Å²) < 4.78 is 0. The molecule has 1 saturated heterocycles. The van der Waals surface area contributed by atoms with Crippen molar-refractivity contribution in [2.75, 3.05) is 19.6 Å². The first-order valence-electron chi connectivity index (χ1n) is 8.78. The number of nitrogens with one attached hydrogen (secondary N) is 2. The largest absolute Gasteiger partial charge is 0.350 e. The molecule has 1 amide bonds. The van der Waals surface area contributed by atoms with E-state index < -0.39 is 5.56 Å². The molecule has 6 heteroatoms. The minimum atomic E-state index is -0.403. The highest BCUT2D eigenvalue weighted by Crippen LogP contribution is 2.24. The number of aryl methyl sites for hydroxylation is 1. The van der Waals surface area contributed by atoms with Gasteiger partial charge in [0.2, 0.25) is 0 Å². The maximum atomic E-state index is 12.4. The molecule has 0 unspecified atom stereocenters. The van der Waals surface area contributed by atoms with Crippen LogP contribution in [-0.2, 0) is 0 Å². The first-order chi connectivity index (χ1) is 12.1. The Morgan fingerprint density at radius 3 is 2.64 bits per heavy atom. The van der Waals surface area contributed by atoms with E-state index in [2.05, 4.69) is 32.3 Å². The van der Waals surface area contributed by atoms with Crippen molar-refractivity contribution in [2.45, 2.75) is 32.2 Å². The monoisotopic (exact) mass is 340 g/mol. The first kappa shape index (κ1) is 17.4. The van der Waals surface area contributed by atoms with Gasteiger partial charge in [0.05, 0.1) is 6.04 Å². The minimum Gasteiger partial charge on any atom is -0.350 e. The molecule has 0 spiro atoms. The van der Waals surface area contributed by atoms with Gasteiger partial charge in [-0.3, -0.25) is 14.5 Å². The molecule has 0 bridgehead atoms. The smallest absolute Gasteiger partial charge is 0.263 e. The van der Waals surface area contributed by atoms with Gasteiger partial charge in [-0.05, 0) is 38.4 Å². The van der Waals surface area contributed by atoms with Crippen molar-refractivity contribution in [1.82, 2.24) is 20.2 Å². The predicted octanol–water partition coefficient (Wildman–Crippen LogP) is 2.04. The molecule has 132 valence electrons. The molecule has 0 saturated carbocycles. The Kier molecular flexibility index (Phi) is 5.60. The lowest BCUT2D eigenvalue weighted by molar-refractivity contribution is 0.0922. The standard InChI is InChI=1S/C19H24N4O2/c1-14-20-12-16(19(25)22-14)18(24)21-13-17(15-8-4-2-5-9-15)23-10-6-3-7-11-23/h2,4-5,8-9,12,17H,3,6-7,10-11,13H2,1H3,(H,21,24)(H,20,22,25)/t17-/m0/s1. The van der Waals surface area contributed by atoms with Crippen LogP contribution in [0.1, 0.15) is 47.1 Å². The van der Waals surface area contributed by atoms with Crippen molar-refractivity contribution in [2.24, 2.45) is 0 Å². The molecule has 1 aliphatic heterocycles. The lowest BCUT2D eigenvalue weighted by Crippen LogP contribution is -2.41. The van der Waals surface area contributed by atoms with Gasteiger partial charge in [0.25, 0.3) is 11.5 Å². The highest BCUT2D eigenvalue weighted by atomic mass is 16.2. The van der Waals surface area contributed by atoms with Crippen molar-refractivity contribution in [1.29, 1.82) is 0 Å². The summed E-state index contributed by atoms with van der Waals surface area (Å²) in [6.07, 6.45) is 4.95. The van der Waals surface area contributed by atoms with Crippen molar-refractivity contribution < 1.29 is 4.79 Å². The normalized spacial score (nSPS) is 16.4. The summed E-state index contributed by atoms with van der Waals surface area (Å²) in [5.41, 5.74) is 0.830. The lowest BCUT2D eigenvalue weighted by atomic mass is 10.0. The van der Waals surface area contributed by atoms with E-state index in [0.29, 0.717) is 12.4 Å². The summed E-state index contributed by atoms with van der Waals surface area (Å²) in [6, 6.07) is 10.3. The van der Waals surface area contributed by atoms with Crippen LogP contribution in [0.4, 0.5) is 0 Å². The third-order valence-corrected chi connectivity index (χ3v) is 4.64. The van der Waals surface area contributed by atoms with E-state index in [0.717, 1.165) is 13.1 Å². The minimum absolute atomic E-state index is 0.0519. The van der Waals surface area contributed by atoms with Crippen LogP contribution in [0.5, 0.6) is 0 Å². The van der Waals surface area contributed by atoms with Crippen LogP contribution in [0.25, 0.3) is 0 Å². The molecular weight excluding hydrogens is 316 g/mol. The summed E-state index contributed by atoms with van der Waals surface area (Å²) in [4.78, 5) is 33.3. The van der Waals surface area contributed by atoms with Crippen LogP contribution in [0.3, 0.4) is 0 Å². The zero-order chi connectivity index (χ0) is 17.6. The van der Waals surface area contributed by atoms with E-state index in [-0.39, 0.29) is 17.5 Å². The molecule has 1 aliphatic rings. The highest BCUT2D eigenvalue weighted by Gasteiger charge is 2.23. The third kappa shape index (κ3) is 4.33. The number of hydrogen-bond donors (Lipinski definition) is 2. The van der Waals surface area contributed by atoms with E-state index in [1.807, 2.05) is 18.2 Å². The molecular formula is C19H24N4O2. The molecule has 0 radical (unpaired) electrons. The molecule has 1 aromatic heterocycles. The molecule has 2 N–H and O–H groups in total. The Hall–Kier alpha value is -2.47. The first-order valence-corrected chi connectivity index (χ1v) is 8.78. The third-order valence-electron chi connectivity index (χ3n) is 4.64. The Labute approximate surface area is 147 Å². The van der Waals surface area contributed by atoms with Gasteiger partial charge in [-0.15, -0.1) is 0 Å². The number of hydrogen-bond acceptors (Lipinski definition) is 4. The van der Waals surface area contributed by atoms with Crippen molar-refractivity contribution >= 4 is 5.91 Å². The zero-order valence-electron chi connectivity index (χ0n) is 14.5. The Morgan fingerprint density at radius 2 is 1.96 bits per heavy atom. The van der Waals surface area contributed by atoms with Gasteiger partial charge in [-0.25, -0.2) is 4.98 Å². The van der Waals surface area contributed by atoms with Gasteiger partial charge in [-0.2, -0.15) is 0 Å². The van der Waals surface area contributed by atoms with E-state index >= 15 is 0 Å². The number of piperidine rings is 1. The van der Waals surface area contributed by atoms with Gasteiger partial charge in [0, 0.05) is 12.7 Å². The maximum absolute atomic E-state index is 12.4. The van der Waals surface area contributed by atoms with Crippen molar-refractivity contribution in [3.8, 4) is 0 Å². The second kappa shape index (κ2) is 8.07. The Balaban J connectivity index is 1.74. The van der Waals surface area contributed by atoms with E-state index in [1.54, 1.807) is 6.92 Å². The highest BCUT2D eigenvalue weighted by molar-refractivity contribution is 5.93. The molecule has 1 aromatic carbocycles. The Bertz CT molecular complexity index is 766. The summed E-state index contributed by atoms with van der Waals surface area (Å²) in [5, 5.41) is 2.91. The van der Waals surface area contributed by atoms with Crippen LogP contribution in [0.15, 0.2) is 41.3 Å². The second-order valence-electron chi connectivity index (χ2n) is 6.44. The summed E-state index contributed by atoms with van der Waals surface area (Å²) in [7, 11) is 0. The fourth-order valence-electron chi connectivity index (χ4n) is 3.29. The van der Waals surface area contributed by atoms with Crippen LogP contribution in [0.2, 0.25) is 0 Å². The van der Waals surface area contributed by atoms with Crippen LogP contribution < -0.4 is 10.9 Å². The van der Waals surface area contributed by atoms with Crippen LogP contribution >= 0.6 is 0 Å². The molecule has 0 aliphatic carbocycles. The Morgan fingerprint density at radius 1 is 1.24 bits per heavy atom. The number of rotatable bonds is 5. The average molecular weight is 340 g/mol. The molecule has 3 rings (SSSR count). The number of aromatic amines is 1. The van der Waals surface area contributed by atoms with Gasteiger partial charge in [0.15, 0.2) is 0 Å². The van der Waals surface area contributed by atoms with E-state index in [9.17, 15) is 9.59 Å². The predicted molar refractivity (Wildman–Crippen MR) is 96.5 cm³/mol. The molecule has 1 atom stereocenters. The number of aromatic nitrogens is 2. The number of carbonyl (C=O) groups is 1. The number of amides is 1. The molecule has 2 heterocycles. The maximum Gasteiger partial charge on any atom is 0.263 e. The molecule has 25 heavy (non-hydrogen) atoms. The van der Waals surface area contributed by atoms with Crippen LogP contribution in [-0.4, -0.2) is 40.4 Å². The topological polar surface area (TPSA) is 78.1 Å². The molecule has 6 nitrogen and oxygen atoms in total. The second-order valence-corrected chi connectivity index (χ2v) is 6.44. The molecule has 2 aromatic rings. The van der Waals surface area contributed by atoms with Gasteiger partial charge in [-0.1, -0.05) is 36.8 Å². The zero-order valence-corrected chi connectivity index (χ0v) is 14.5. The fourth-order valence-corrected chi connectivity index (χ4v) is 3.29. The van der Waals surface area contributed by atoms with Gasteiger partial charge >= 0.3 is 0 Å². The SMILES string of the molecule is Cc1ncc(C(=O)NC[C@@H](c2ccccc2)N2CCCCC2)c(=O)[nH]1. The molecule has 1 fully saturated rings. The number of H-pyrrole nitrogens is 1. The number of carbonyl (C=O) groups excluding carboxylic acids is 1. The summed E-state index contributed by atoms with van der Waals surface area (Å²) in [6.45, 7) is 4.21. The summed E-state index contributed by atoms with van der Waals surface area (Å²) >= 11 is 0. The number of nitrogens with zero attached hydrogens (tertiary/aromatic N) is 2. The van der Waals surface area contributed by atoms with Crippen molar-refractivity contribution in [3.63, 3.8) is 0 Å². The van der Waals surface area contributed by atoms with Gasteiger partial charge in [0.1, 0.15) is 11.4 Å². The van der Waals surface area contributed by atoms with Crippen molar-refractivity contribution in [3.05, 3.63) is 63.8 Å². The van der Waals surface area contributed by atoms with E-state index in [1.165, 1.54) is 31.0 Å². The summed E-state index contributed by atoms with van der Waals surface area (Å²) in [5.74, 6) is 0.115. The lowest BCUT2D eigenvalue weighted by Gasteiger charge is -2.35. The fraction of sp³-hybridized carbons (Fsp3) is 0.421. The van der Waals surface area contributed by atoms with E-state index in [4.69, 9.17) is 0 Å². The average Bonchev–Trinajstić information content (AvgIpc) is 2.63. The van der Waals surface area contributed by atoms with Gasteiger partial charge < -0.3 is 10.3 Å².